The van der Waals surface area contributed by atoms with E-state index >= 15 is 0 Å². The van der Waals surface area contributed by atoms with Gasteiger partial charge < -0.3 is 5.32 Å². The molecule has 2 fully saturated rings. The maximum Gasteiger partial charge on any atom is 0.274 e. The van der Waals surface area contributed by atoms with Gasteiger partial charge in [-0.15, -0.1) is 0 Å². The van der Waals surface area contributed by atoms with Crippen molar-refractivity contribution in [1.29, 1.82) is 0 Å². The van der Waals surface area contributed by atoms with E-state index in [1.54, 1.807) is 4.68 Å². The molecule has 36 heavy (non-hydrogen) atoms. The highest BCUT2D eigenvalue weighted by Gasteiger charge is 2.28. The second kappa shape index (κ2) is 11.2. The SMILES string of the molecule is O=C(CN1CCCC(n2nc(Cc3ccc(Cl)cc3)c3ccccc3c2=O)CC1)NC1CCSC1=O. The minimum absolute atomic E-state index is 0.0352. The van der Waals surface area contributed by atoms with Crippen molar-refractivity contribution in [3.63, 3.8) is 0 Å². The first-order valence-corrected chi connectivity index (χ1v) is 13.8. The van der Waals surface area contributed by atoms with Crippen LogP contribution in [0.3, 0.4) is 0 Å². The van der Waals surface area contributed by atoms with E-state index in [0.29, 0.717) is 29.8 Å². The summed E-state index contributed by atoms with van der Waals surface area (Å²) >= 11 is 7.34. The van der Waals surface area contributed by atoms with E-state index in [1.807, 2.05) is 48.5 Å². The number of carbonyl (C=O) groups excluding carboxylic acids is 2. The van der Waals surface area contributed by atoms with Gasteiger partial charge in [-0.2, -0.15) is 5.10 Å². The lowest BCUT2D eigenvalue weighted by Crippen LogP contribution is -2.43. The van der Waals surface area contributed by atoms with E-state index in [2.05, 4.69) is 10.2 Å². The number of likely N-dealkylation sites (tertiary alicyclic amines) is 1. The highest BCUT2D eigenvalue weighted by Crippen LogP contribution is 2.24. The fraction of sp³-hybridized carbons (Fsp3) is 0.407. The van der Waals surface area contributed by atoms with Crippen molar-refractivity contribution in [1.82, 2.24) is 20.0 Å². The second-order valence-corrected chi connectivity index (χ2v) is 11.0. The Bertz CT molecular complexity index is 1330. The maximum absolute atomic E-state index is 13.4. The number of hydrogen-bond donors (Lipinski definition) is 1. The van der Waals surface area contributed by atoms with Crippen LogP contribution in [-0.4, -0.2) is 57.1 Å². The quantitative estimate of drug-likeness (QED) is 0.528. The van der Waals surface area contributed by atoms with E-state index < -0.39 is 0 Å². The number of halogens is 1. The van der Waals surface area contributed by atoms with Gasteiger partial charge in [-0.25, -0.2) is 4.68 Å². The molecule has 1 amide bonds. The van der Waals surface area contributed by atoms with Crippen LogP contribution in [0.5, 0.6) is 0 Å². The summed E-state index contributed by atoms with van der Waals surface area (Å²) in [6, 6.07) is 15.0. The number of fused-ring (bicyclic) bond motifs is 1. The van der Waals surface area contributed by atoms with Gasteiger partial charge in [0, 0.05) is 29.1 Å². The average Bonchev–Trinajstić information content (AvgIpc) is 3.13. The number of carbonyl (C=O) groups is 2. The first kappa shape index (κ1) is 25.0. The van der Waals surface area contributed by atoms with Gasteiger partial charge in [-0.1, -0.05) is 53.7 Å². The lowest BCUT2D eigenvalue weighted by molar-refractivity contribution is -0.125. The molecular formula is C27H29ClN4O3S. The first-order valence-electron chi connectivity index (χ1n) is 12.4. The first-order chi connectivity index (χ1) is 17.5. The highest BCUT2D eigenvalue weighted by molar-refractivity contribution is 8.14. The van der Waals surface area contributed by atoms with Crippen molar-refractivity contribution >= 4 is 45.2 Å². The Morgan fingerprint density at radius 3 is 2.56 bits per heavy atom. The van der Waals surface area contributed by atoms with Crippen LogP contribution in [0.2, 0.25) is 5.02 Å². The Morgan fingerprint density at radius 2 is 1.81 bits per heavy atom. The van der Waals surface area contributed by atoms with Crippen LogP contribution in [0.25, 0.3) is 10.8 Å². The second-order valence-electron chi connectivity index (χ2n) is 9.48. The van der Waals surface area contributed by atoms with Crippen LogP contribution in [0.15, 0.2) is 53.3 Å². The molecule has 2 saturated heterocycles. The summed E-state index contributed by atoms with van der Waals surface area (Å²) in [7, 11) is 0. The van der Waals surface area contributed by atoms with E-state index in [4.69, 9.17) is 16.7 Å². The smallest absolute Gasteiger partial charge is 0.274 e. The van der Waals surface area contributed by atoms with Crippen LogP contribution in [0.4, 0.5) is 0 Å². The molecular weight excluding hydrogens is 496 g/mol. The summed E-state index contributed by atoms with van der Waals surface area (Å²) in [4.78, 5) is 39.9. The zero-order valence-corrected chi connectivity index (χ0v) is 21.6. The monoisotopic (exact) mass is 524 g/mol. The molecule has 9 heteroatoms. The van der Waals surface area contributed by atoms with Crippen LogP contribution < -0.4 is 10.9 Å². The number of nitrogens with one attached hydrogen (secondary N) is 1. The third-order valence-corrected chi connectivity index (χ3v) is 8.22. The summed E-state index contributed by atoms with van der Waals surface area (Å²) in [5, 5.41) is 10.0. The molecule has 188 valence electrons. The summed E-state index contributed by atoms with van der Waals surface area (Å²) in [6.45, 7) is 1.74. The molecule has 0 spiro atoms. The number of thioether (sulfide) groups is 1. The predicted octanol–water partition coefficient (Wildman–Crippen LogP) is 3.82. The highest BCUT2D eigenvalue weighted by atomic mass is 35.5. The summed E-state index contributed by atoms with van der Waals surface area (Å²) in [6.07, 6.45) is 3.73. The molecule has 0 saturated carbocycles. The largest absolute Gasteiger partial charge is 0.344 e. The van der Waals surface area contributed by atoms with Crippen molar-refractivity contribution in [2.75, 3.05) is 25.4 Å². The van der Waals surface area contributed by atoms with Gasteiger partial charge in [0.05, 0.1) is 29.7 Å². The molecule has 3 aromatic rings. The molecule has 1 N–H and O–H groups in total. The van der Waals surface area contributed by atoms with Crippen molar-refractivity contribution in [3.8, 4) is 0 Å². The molecule has 3 heterocycles. The Morgan fingerprint density at radius 1 is 1.03 bits per heavy atom. The normalized spacial score (nSPS) is 21.0. The summed E-state index contributed by atoms with van der Waals surface area (Å²) < 4.78 is 1.67. The molecule has 1 aromatic heterocycles. The Kier molecular flexibility index (Phi) is 7.74. The van der Waals surface area contributed by atoms with Gasteiger partial charge in [0.1, 0.15) is 0 Å². The molecule has 0 radical (unpaired) electrons. The molecule has 0 aliphatic carbocycles. The van der Waals surface area contributed by atoms with Gasteiger partial charge in [0.2, 0.25) is 11.0 Å². The number of amides is 1. The Labute approximate surface area is 219 Å². The number of rotatable bonds is 6. The van der Waals surface area contributed by atoms with Crippen molar-refractivity contribution in [3.05, 3.63) is 75.2 Å². The van der Waals surface area contributed by atoms with E-state index in [1.165, 1.54) is 11.8 Å². The minimum Gasteiger partial charge on any atom is -0.344 e. The van der Waals surface area contributed by atoms with Gasteiger partial charge in [-0.05, 0) is 56.0 Å². The predicted molar refractivity (Wildman–Crippen MR) is 144 cm³/mol. The molecule has 2 aromatic carbocycles. The zero-order chi connectivity index (χ0) is 25.1. The molecule has 5 rings (SSSR count). The maximum atomic E-state index is 13.4. The Hall–Kier alpha value is -2.68. The van der Waals surface area contributed by atoms with Gasteiger partial charge in [-0.3, -0.25) is 19.3 Å². The summed E-state index contributed by atoms with van der Waals surface area (Å²) in [5.74, 6) is 0.656. The van der Waals surface area contributed by atoms with Crippen molar-refractivity contribution in [2.45, 2.75) is 44.2 Å². The molecule has 0 bridgehead atoms. The standard InChI is InChI=1S/C27H29ClN4O3S/c28-19-9-7-18(8-10-19)16-24-21-5-1-2-6-22(21)26(34)32(30-24)20-4-3-13-31(14-11-20)17-25(33)29-23-12-15-36-27(23)35/h1-2,5-10,20,23H,3-4,11-17H2,(H,29,33). The lowest BCUT2D eigenvalue weighted by atomic mass is 10.0. The van der Waals surface area contributed by atoms with E-state index in [9.17, 15) is 14.4 Å². The van der Waals surface area contributed by atoms with Crippen LogP contribution >= 0.6 is 23.4 Å². The van der Waals surface area contributed by atoms with E-state index in [-0.39, 0.29) is 35.2 Å². The van der Waals surface area contributed by atoms with E-state index in [0.717, 1.165) is 48.2 Å². The molecule has 2 aliphatic rings. The molecule has 2 aliphatic heterocycles. The summed E-state index contributed by atoms with van der Waals surface area (Å²) in [5.41, 5.74) is 1.88. The van der Waals surface area contributed by atoms with Crippen molar-refractivity contribution < 1.29 is 9.59 Å². The molecule has 7 nitrogen and oxygen atoms in total. The Balaban J connectivity index is 1.33. The number of aromatic nitrogens is 2. The van der Waals surface area contributed by atoms with Crippen LogP contribution in [0.1, 0.15) is 43.0 Å². The van der Waals surface area contributed by atoms with Gasteiger partial charge >= 0.3 is 0 Å². The van der Waals surface area contributed by atoms with Gasteiger partial charge in [0.15, 0.2) is 0 Å². The fourth-order valence-corrected chi connectivity index (χ4v) is 6.12. The molecule has 2 unspecified atom stereocenters. The number of benzene rings is 2. The number of nitrogens with zero attached hydrogens (tertiary/aromatic N) is 3. The van der Waals surface area contributed by atoms with Gasteiger partial charge in [0.25, 0.3) is 5.56 Å². The van der Waals surface area contributed by atoms with Crippen molar-refractivity contribution in [2.24, 2.45) is 0 Å². The number of hydrogen-bond acceptors (Lipinski definition) is 6. The van der Waals surface area contributed by atoms with Crippen LogP contribution in [-0.2, 0) is 16.0 Å². The third kappa shape index (κ3) is 5.66. The fourth-order valence-electron chi connectivity index (χ4n) is 5.06. The molecule has 2 atom stereocenters. The zero-order valence-electron chi connectivity index (χ0n) is 20.0. The topological polar surface area (TPSA) is 84.3 Å². The lowest BCUT2D eigenvalue weighted by Gasteiger charge is -2.21. The minimum atomic E-state index is -0.360. The van der Waals surface area contributed by atoms with Crippen LogP contribution in [0, 0.1) is 0 Å². The third-order valence-electron chi connectivity index (χ3n) is 6.96. The average molecular weight is 525 g/mol.